The molecule has 0 spiro atoms. The quantitative estimate of drug-likeness (QED) is 0.202. The van der Waals surface area contributed by atoms with Gasteiger partial charge in [0.25, 0.3) is 5.69 Å². The number of benzene rings is 2. The molecule has 2 aromatic carbocycles. The Balaban J connectivity index is 0.00000300. The second-order valence-electron chi connectivity index (χ2n) is 6.89. The Morgan fingerprint density at radius 3 is 2.69 bits per heavy atom. The van der Waals surface area contributed by atoms with Crippen molar-refractivity contribution < 1.29 is 9.66 Å². The zero-order valence-electron chi connectivity index (χ0n) is 16.5. The zero-order valence-corrected chi connectivity index (χ0v) is 18.8. The summed E-state index contributed by atoms with van der Waals surface area (Å²) in [6, 6.07) is 16.9. The highest BCUT2D eigenvalue weighted by atomic mass is 127. The number of nitrogens with one attached hydrogen (secondary N) is 1. The van der Waals surface area contributed by atoms with E-state index in [9.17, 15) is 10.1 Å². The van der Waals surface area contributed by atoms with Crippen molar-refractivity contribution in [3.63, 3.8) is 0 Å². The molecule has 2 aromatic rings. The fraction of sp³-hybridized carbons (Fsp3) is 0.381. The molecule has 3 rings (SSSR count). The summed E-state index contributed by atoms with van der Waals surface area (Å²) in [4.78, 5) is 17.3. The topological polar surface area (TPSA) is 80.0 Å². The highest BCUT2D eigenvalue weighted by Crippen LogP contribution is 2.19. The van der Waals surface area contributed by atoms with Crippen molar-refractivity contribution in [2.75, 3.05) is 26.7 Å². The summed E-state index contributed by atoms with van der Waals surface area (Å²) < 4.78 is 5.87. The van der Waals surface area contributed by atoms with Gasteiger partial charge < -0.3 is 15.0 Å². The minimum absolute atomic E-state index is 0. The summed E-state index contributed by atoms with van der Waals surface area (Å²) in [6.07, 6.45) is 1.04. The number of aliphatic imine (C=N–C) groups is 1. The van der Waals surface area contributed by atoms with Crippen LogP contribution < -0.4 is 5.32 Å². The van der Waals surface area contributed by atoms with Crippen LogP contribution in [0.1, 0.15) is 17.5 Å². The Morgan fingerprint density at radius 2 is 1.97 bits per heavy atom. The first-order valence-corrected chi connectivity index (χ1v) is 9.47. The van der Waals surface area contributed by atoms with Crippen molar-refractivity contribution in [2.45, 2.75) is 19.6 Å². The molecule has 156 valence electrons. The molecule has 1 atom stereocenters. The average molecular weight is 510 g/mol. The Morgan fingerprint density at radius 1 is 1.24 bits per heavy atom. The number of guanidine groups is 1. The standard InChI is InChI=1S/C21H26N4O3.HI/c1-22-21(23-13-19-9-5-6-10-20(19)25(26)27)24-12-11-18(14-24)16-28-15-17-7-3-2-4-8-17;/h2-10,18H,11-16H2,1H3,(H,22,23);1H. The number of nitro groups is 1. The van der Waals surface area contributed by atoms with Crippen molar-refractivity contribution in [3.05, 3.63) is 75.8 Å². The maximum absolute atomic E-state index is 11.2. The van der Waals surface area contributed by atoms with Crippen LogP contribution in [0.5, 0.6) is 0 Å². The Hall–Kier alpha value is -2.20. The molecule has 1 saturated heterocycles. The van der Waals surface area contributed by atoms with Crippen molar-refractivity contribution in [2.24, 2.45) is 10.9 Å². The predicted octanol–water partition coefficient (Wildman–Crippen LogP) is 3.83. The number of rotatable bonds is 7. The summed E-state index contributed by atoms with van der Waals surface area (Å²) in [5, 5.41) is 14.4. The van der Waals surface area contributed by atoms with E-state index in [4.69, 9.17) is 4.74 Å². The second kappa shape index (κ2) is 11.7. The van der Waals surface area contributed by atoms with Crippen molar-refractivity contribution in [1.82, 2.24) is 10.2 Å². The summed E-state index contributed by atoms with van der Waals surface area (Å²) in [5.74, 6) is 1.22. The monoisotopic (exact) mass is 510 g/mol. The Kier molecular flexibility index (Phi) is 9.33. The smallest absolute Gasteiger partial charge is 0.274 e. The molecule has 1 fully saturated rings. The maximum Gasteiger partial charge on any atom is 0.274 e. The molecular formula is C21H27IN4O3. The third-order valence-corrected chi connectivity index (χ3v) is 4.89. The molecule has 1 aliphatic rings. The Bertz CT molecular complexity index is 817. The largest absolute Gasteiger partial charge is 0.376 e. The molecule has 0 aliphatic carbocycles. The highest BCUT2D eigenvalue weighted by Gasteiger charge is 2.25. The maximum atomic E-state index is 11.2. The van der Waals surface area contributed by atoms with Crippen LogP contribution in [0.15, 0.2) is 59.6 Å². The van der Waals surface area contributed by atoms with E-state index in [1.807, 2.05) is 24.3 Å². The molecule has 7 nitrogen and oxygen atoms in total. The SMILES string of the molecule is CN=C(NCc1ccccc1[N+](=O)[O-])N1CCC(COCc2ccccc2)C1.I. The van der Waals surface area contributed by atoms with Gasteiger partial charge in [-0.3, -0.25) is 15.1 Å². The molecular weight excluding hydrogens is 483 g/mol. The van der Waals surface area contributed by atoms with Crippen LogP contribution in [0.4, 0.5) is 5.69 Å². The van der Waals surface area contributed by atoms with Crippen LogP contribution in [0.2, 0.25) is 0 Å². The van der Waals surface area contributed by atoms with Gasteiger partial charge in [-0.2, -0.15) is 0 Å². The molecule has 0 bridgehead atoms. The fourth-order valence-electron chi connectivity index (χ4n) is 3.42. The van der Waals surface area contributed by atoms with E-state index in [2.05, 4.69) is 27.3 Å². The highest BCUT2D eigenvalue weighted by molar-refractivity contribution is 14.0. The van der Waals surface area contributed by atoms with Gasteiger partial charge in [0.2, 0.25) is 0 Å². The van der Waals surface area contributed by atoms with Gasteiger partial charge in [-0.05, 0) is 12.0 Å². The lowest BCUT2D eigenvalue weighted by atomic mass is 10.1. The summed E-state index contributed by atoms with van der Waals surface area (Å²) in [7, 11) is 1.74. The molecule has 0 saturated carbocycles. The van der Waals surface area contributed by atoms with Crippen LogP contribution >= 0.6 is 24.0 Å². The molecule has 1 aliphatic heterocycles. The van der Waals surface area contributed by atoms with Gasteiger partial charge in [0.15, 0.2) is 5.96 Å². The number of para-hydroxylation sites is 1. The summed E-state index contributed by atoms with van der Waals surface area (Å²) in [5.41, 5.74) is 1.95. The molecule has 1 heterocycles. The van der Waals surface area contributed by atoms with E-state index < -0.39 is 0 Å². The van der Waals surface area contributed by atoms with Gasteiger partial charge in [-0.25, -0.2) is 0 Å². The van der Waals surface area contributed by atoms with Crippen molar-refractivity contribution >= 4 is 35.6 Å². The number of likely N-dealkylation sites (tertiary alicyclic amines) is 1. The van der Waals surface area contributed by atoms with Gasteiger partial charge in [-0.1, -0.05) is 48.5 Å². The van der Waals surface area contributed by atoms with E-state index in [1.54, 1.807) is 19.2 Å². The van der Waals surface area contributed by atoms with Crippen LogP contribution in [0, 0.1) is 16.0 Å². The first-order valence-electron chi connectivity index (χ1n) is 9.47. The van der Waals surface area contributed by atoms with E-state index in [-0.39, 0.29) is 34.6 Å². The molecule has 8 heteroatoms. The molecule has 0 amide bonds. The van der Waals surface area contributed by atoms with Crippen LogP contribution in [0.25, 0.3) is 0 Å². The average Bonchev–Trinajstić information content (AvgIpc) is 3.18. The minimum atomic E-state index is -0.351. The van der Waals surface area contributed by atoms with Crippen LogP contribution in [-0.2, 0) is 17.9 Å². The molecule has 0 radical (unpaired) electrons. The number of nitro benzene ring substituents is 1. The number of hydrogen-bond acceptors (Lipinski definition) is 4. The van der Waals surface area contributed by atoms with E-state index in [0.717, 1.165) is 25.5 Å². The molecule has 0 aromatic heterocycles. The normalized spacial score (nSPS) is 16.4. The first kappa shape index (κ1) is 23.1. The number of nitrogens with zero attached hydrogens (tertiary/aromatic N) is 3. The van der Waals surface area contributed by atoms with Gasteiger partial charge >= 0.3 is 0 Å². The lowest BCUT2D eigenvalue weighted by Crippen LogP contribution is -2.40. The van der Waals surface area contributed by atoms with Gasteiger partial charge in [0.05, 0.1) is 18.1 Å². The second-order valence-corrected chi connectivity index (χ2v) is 6.89. The lowest BCUT2D eigenvalue weighted by Gasteiger charge is -2.21. The molecule has 1 unspecified atom stereocenters. The summed E-state index contributed by atoms with van der Waals surface area (Å²) >= 11 is 0. The van der Waals surface area contributed by atoms with E-state index in [0.29, 0.717) is 31.2 Å². The minimum Gasteiger partial charge on any atom is -0.376 e. The van der Waals surface area contributed by atoms with E-state index in [1.165, 1.54) is 11.6 Å². The number of hydrogen-bond donors (Lipinski definition) is 1. The van der Waals surface area contributed by atoms with Gasteiger partial charge in [-0.15, -0.1) is 24.0 Å². The Labute approximate surface area is 188 Å². The van der Waals surface area contributed by atoms with Crippen molar-refractivity contribution in [3.8, 4) is 0 Å². The third-order valence-electron chi connectivity index (χ3n) is 4.89. The predicted molar refractivity (Wildman–Crippen MR) is 124 cm³/mol. The zero-order chi connectivity index (χ0) is 19.8. The molecule has 1 N–H and O–H groups in total. The van der Waals surface area contributed by atoms with Gasteiger partial charge in [0.1, 0.15) is 0 Å². The van der Waals surface area contributed by atoms with Crippen molar-refractivity contribution in [1.29, 1.82) is 0 Å². The lowest BCUT2D eigenvalue weighted by molar-refractivity contribution is -0.385. The first-order chi connectivity index (χ1) is 13.7. The van der Waals surface area contributed by atoms with E-state index >= 15 is 0 Å². The fourth-order valence-corrected chi connectivity index (χ4v) is 3.42. The third kappa shape index (κ3) is 6.67. The van der Waals surface area contributed by atoms with Crippen LogP contribution in [-0.4, -0.2) is 42.5 Å². The van der Waals surface area contributed by atoms with Crippen LogP contribution in [0.3, 0.4) is 0 Å². The number of ether oxygens (including phenoxy) is 1. The molecule has 29 heavy (non-hydrogen) atoms. The summed E-state index contributed by atoms with van der Waals surface area (Å²) in [6.45, 7) is 3.48. The van der Waals surface area contributed by atoms with Gasteiger partial charge in [0, 0.05) is 44.2 Å². The number of halogens is 1.